The second kappa shape index (κ2) is 5.23. The largest absolute Gasteiger partial charge is 0.497 e. The van der Waals surface area contributed by atoms with E-state index in [9.17, 15) is 4.79 Å². The van der Waals surface area contributed by atoms with E-state index in [1.165, 1.54) is 5.57 Å². The van der Waals surface area contributed by atoms with Gasteiger partial charge in [-0.05, 0) is 36.8 Å². The number of benzene rings is 1. The second-order valence-corrected chi connectivity index (χ2v) is 4.39. The first-order valence-electron chi connectivity index (χ1n) is 5.95. The molecule has 1 aliphatic rings. The van der Waals surface area contributed by atoms with Crippen LogP contribution in [-0.2, 0) is 4.79 Å². The molecule has 1 aromatic carbocycles. The molecule has 1 N–H and O–H groups in total. The number of anilines is 1. The van der Waals surface area contributed by atoms with Crippen LogP contribution in [0, 0.1) is 0 Å². The van der Waals surface area contributed by atoms with Gasteiger partial charge >= 0.3 is 0 Å². The Hall–Kier alpha value is -1.81. The lowest BCUT2D eigenvalue weighted by Crippen LogP contribution is -2.38. The summed E-state index contributed by atoms with van der Waals surface area (Å²) in [7, 11) is 3.42. The minimum absolute atomic E-state index is 0.0525. The van der Waals surface area contributed by atoms with E-state index in [1.807, 2.05) is 31.2 Å². The molecule has 1 aromatic rings. The predicted octanol–water partition coefficient (Wildman–Crippen LogP) is 1.58. The Bertz CT molecular complexity index is 471. The van der Waals surface area contributed by atoms with Crippen LogP contribution in [-0.4, -0.2) is 33.2 Å². The first-order chi connectivity index (χ1) is 8.63. The molecule has 1 saturated heterocycles. The number of hydrogen-bond acceptors (Lipinski definition) is 3. The Balaban J connectivity index is 2.14. The van der Waals surface area contributed by atoms with E-state index in [4.69, 9.17) is 4.74 Å². The van der Waals surface area contributed by atoms with Gasteiger partial charge in [-0.2, -0.15) is 0 Å². The van der Waals surface area contributed by atoms with E-state index >= 15 is 0 Å². The fraction of sp³-hybridized carbons (Fsp3) is 0.357. The van der Waals surface area contributed by atoms with E-state index in [0.29, 0.717) is 0 Å². The van der Waals surface area contributed by atoms with Gasteiger partial charge in [0, 0.05) is 31.4 Å². The smallest absolute Gasteiger partial charge is 0.253 e. The summed E-state index contributed by atoms with van der Waals surface area (Å²) in [5.74, 6) is 0.842. The number of methoxy groups -OCH3 is 1. The van der Waals surface area contributed by atoms with Crippen molar-refractivity contribution in [2.45, 2.75) is 6.92 Å². The van der Waals surface area contributed by atoms with Crippen LogP contribution in [0.4, 0.5) is 5.69 Å². The van der Waals surface area contributed by atoms with Crippen molar-refractivity contribution in [1.29, 1.82) is 0 Å². The zero-order chi connectivity index (χ0) is 13.1. The minimum Gasteiger partial charge on any atom is -0.497 e. The number of hydrogen-bond donors (Lipinski definition) is 1. The molecule has 1 heterocycles. The molecular weight excluding hydrogens is 228 g/mol. The van der Waals surface area contributed by atoms with Gasteiger partial charge in [0.1, 0.15) is 5.75 Å². The van der Waals surface area contributed by atoms with Gasteiger partial charge in [-0.15, -0.1) is 0 Å². The van der Waals surface area contributed by atoms with Crippen LogP contribution in [0.1, 0.15) is 6.92 Å². The molecule has 0 aromatic heterocycles. The highest BCUT2D eigenvalue weighted by molar-refractivity contribution is 6.05. The summed E-state index contributed by atoms with van der Waals surface area (Å²) < 4.78 is 5.10. The lowest BCUT2D eigenvalue weighted by molar-refractivity contribution is -0.114. The Morgan fingerprint density at radius 2 is 1.89 bits per heavy atom. The number of carbonyl (C=O) groups is 1. The van der Waals surface area contributed by atoms with Gasteiger partial charge in [-0.25, -0.2) is 0 Å². The van der Waals surface area contributed by atoms with Crippen molar-refractivity contribution in [1.82, 2.24) is 5.32 Å². The maximum absolute atomic E-state index is 12.2. The summed E-state index contributed by atoms with van der Waals surface area (Å²) in [5.41, 5.74) is 2.90. The molecule has 0 unspecified atom stereocenters. The maximum Gasteiger partial charge on any atom is 0.253 e. The third kappa shape index (κ3) is 2.38. The lowest BCUT2D eigenvalue weighted by Gasteiger charge is -2.24. The van der Waals surface area contributed by atoms with Crippen LogP contribution < -0.4 is 15.0 Å². The summed E-state index contributed by atoms with van der Waals surface area (Å²) in [4.78, 5) is 13.9. The van der Waals surface area contributed by atoms with Gasteiger partial charge in [0.25, 0.3) is 5.91 Å². The van der Waals surface area contributed by atoms with Crippen LogP contribution >= 0.6 is 0 Å². The first-order valence-corrected chi connectivity index (χ1v) is 5.95. The molecule has 2 rings (SSSR count). The van der Waals surface area contributed by atoms with Crippen LogP contribution in [0.2, 0.25) is 0 Å². The molecule has 4 nitrogen and oxygen atoms in total. The average Bonchev–Trinajstić information content (AvgIpc) is 2.35. The molecule has 0 spiro atoms. The van der Waals surface area contributed by atoms with Crippen molar-refractivity contribution in [2.24, 2.45) is 0 Å². The number of nitrogens with one attached hydrogen (secondary N) is 1. The summed E-state index contributed by atoms with van der Waals surface area (Å²) in [6.07, 6.45) is 0. The number of likely N-dealkylation sites (N-methyl/N-ethyl adjacent to an activating group) is 1. The van der Waals surface area contributed by atoms with Gasteiger partial charge in [0.15, 0.2) is 0 Å². The molecule has 4 heteroatoms. The van der Waals surface area contributed by atoms with Crippen LogP contribution in [0.25, 0.3) is 0 Å². The highest BCUT2D eigenvalue weighted by Gasteiger charge is 2.19. The zero-order valence-electron chi connectivity index (χ0n) is 11.0. The molecule has 0 radical (unpaired) electrons. The van der Waals surface area contributed by atoms with E-state index in [0.717, 1.165) is 30.1 Å². The topological polar surface area (TPSA) is 41.6 Å². The molecule has 96 valence electrons. The summed E-state index contributed by atoms with van der Waals surface area (Å²) in [5, 5.41) is 3.15. The second-order valence-electron chi connectivity index (χ2n) is 4.39. The van der Waals surface area contributed by atoms with Crippen molar-refractivity contribution in [3.8, 4) is 5.75 Å². The molecule has 0 aliphatic carbocycles. The monoisotopic (exact) mass is 246 g/mol. The fourth-order valence-corrected chi connectivity index (χ4v) is 1.84. The van der Waals surface area contributed by atoms with Gasteiger partial charge in [-0.1, -0.05) is 0 Å². The Morgan fingerprint density at radius 3 is 2.33 bits per heavy atom. The normalized spacial score (nSPS) is 13.8. The van der Waals surface area contributed by atoms with Gasteiger partial charge in [0.05, 0.1) is 7.11 Å². The third-order valence-electron chi connectivity index (χ3n) is 3.29. The number of nitrogens with zero attached hydrogens (tertiary/aromatic N) is 1. The quantitative estimate of drug-likeness (QED) is 0.823. The minimum atomic E-state index is 0.0525. The van der Waals surface area contributed by atoms with Crippen molar-refractivity contribution >= 4 is 11.6 Å². The predicted molar refractivity (Wildman–Crippen MR) is 72.0 cm³/mol. The first kappa shape index (κ1) is 12.6. The van der Waals surface area contributed by atoms with Crippen molar-refractivity contribution < 1.29 is 9.53 Å². The molecule has 0 saturated carbocycles. The molecule has 1 amide bonds. The van der Waals surface area contributed by atoms with Crippen molar-refractivity contribution in [3.05, 3.63) is 35.4 Å². The standard InChI is InChI=1S/C14H18N2O2/c1-10(11-8-15-9-11)14(17)16(2)12-4-6-13(18-3)7-5-12/h4-7,15H,8-9H2,1-3H3. The van der Waals surface area contributed by atoms with E-state index in [-0.39, 0.29) is 5.91 Å². The average molecular weight is 246 g/mol. The number of ether oxygens (including phenoxy) is 1. The molecule has 1 fully saturated rings. The summed E-state index contributed by atoms with van der Waals surface area (Å²) in [6, 6.07) is 7.47. The molecule has 0 atom stereocenters. The lowest BCUT2D eigenvalue weighted by atomic mass is 10.0. The highest BCUT2D eigenvalue weighted by atomic mass is 16.5. The highest BCUT2D eigenvalue weighted by Crippen LogP contribution is 2.20. The van der Waals surface area contributed by atoms with Gasteiger partial charge < -0.3 is 15.0 Å². The third-order valence-corrected chi connectivity index (χ3v) is 3.29. The fourth-order valence-electron chi connectivity index (χ4n) is 1.84. The molecule has 1 aliphatic heterocycles. The van der Waals surface area contributed by atoms with E-state index in [1.54, 1.807) is 19.1 Å². The van der Waals surface area contributed by atoms with Crippen LogP contribution in [0.3, 0.4) is 0 Å². The zero-order valence-corrected chi connectivity index (χ0v) is 11.0. The van der Waals surface area contributed by atoms with Crippen molar-refractivity contribution in [3.63, 3.8) is 0 Å². The Labute approximate surface area is 107 Å². The van der Waals surface area contributed by atoms with Crippen LogP contribution in [0.5, 0.6) is 5.75 Å². The van der Waals surface area contributed by atoms with E-state index in [2.05, 4.69) is 5.32 Å². The molecule has 0 bridgehead atoms. The molecular formula is C14H18N2O2. The summed E-state index contributed by atoms with van der Waals surface area (Å²) >= 11 is 0. The number of amides is 1. The van der Waals surface area contributed by atoms with E-state index < -0.39 is 0 Å². The Morgan fingerprint density at radius 1 is 1.28 bits per heavy atom. The number of rotatable bonds is 3. The van der Waals surface area contributed by atoms with Gasteiger partial charge in [0.2, 0.25) is 0 Å². The maximum atomic E-state index is 12.2. The Kier molecular flexibility index (Phi) is 3.67. The number of carbonyl (C=O) groups excluding carboxylic acids is 1. The van der Waals surface area contributed by atoms with Crippen LogP contribution in [0.15, 0.2) is 35.4 Å². The van der Waals surface area contributed by atoms with Gasteiger partial charge in [-0.3, -0.25) is 4.79 Å². The molecule has 18 heavy (non-hydrogen) atoms. The van der Waals surface area contributed by atoms with Crippen molar-refractivity contribution in [2.75, 3.05) is 32.1 Å². The summed E-state index contributed by atoms with van der Waals surface area (Å²) in [6.45, 7) is 3.54. The SMILES string of the molecule is COc1ccc(N(C)C(=O)C(C)=C2CNC2)cc1.